The summed E-state index contributed by atoms with van der Waals surface area (Å²) in [6.45, 7) is 3.61. The molecule has 0 radical (unpaired) electrons. The van der Waals surface area contributed by atoms with Crippen LogP contribution in [0.25, 0.3) is 0 Å². The Balaban J connectivity index is 1.75. The Labute approximate surface area is 72.1 Å². The van der Waals surface area contributed by atoms with Gasteiger partial charge in [0.15, 0.2) is 0 Å². The molecular weight excluding hydrogens is 158 g/mol. The van der Waals surface area contributed by atoms with Gasteiger partial charge in [0, 0.05) is 26.2 Å². The molecule has 0 aromatic carbocycles. The molecule has 2 fully saturated rings. The van der Waals surface area contributed by atoms with Crippen LogP contribution in [0.3, 0.4) is 0 Å². The van der Waals surface area contributed by atoms with Crippen molar-refractivity contribution >= 4 is 0 Å². The fraction of sp³-hybridized carbons (Fsp3) is 1.00. The largest absolute Gasteiger partial charge is 0.396 e. The summed E-state index contributed by atoms with van der Waals surface area (Å²) in [6.07, 6.45) is 1.41. The molecule has 12 heavy (non-hydrogen) atoms. The van der Waals surface area contributed by atoms with Crippen LogP contribution in [-0.2, 0) is 9.47 Å². The Morgan fingerprint density at radius 1 is 1.25 bits per heavy atom. The van der Waals surface area contributed by atoms with E-state index in [1.807, 2.05) is 0 Å². The van der Waals surface area contributed by atoms with Crippen molar-refractivity contribution in [3.05, 3.63) is 0 Å². The molecule has 1 N–H and O–H groups in total. The second-order valence-electron chi connectivity index (χ2n) is 3.36. The van der Waals surface area contributed by atoms with Gasteiger partial charge in [0.2, 0.25) is 0 Å². The lowest BCUT2D eigenvalue weighted by Crippen LogP contribution is -2.25. The summed E-state index contributed by atoms with van der Waals surface area (Å²) in [5.74, 6) is 0. The first kappa shape index (κ1) is 8.44. The number of aliphatic hydroxyl groups excluding tert-OH is 1. The van der Waals surface area contributed by atoms with E-state index < -0.39 is 0 Å². The van der Waals surface area contributed by atoms with Crippen molar-refractivity contribution in [3.8, 4) is 0 Å². The Hall–Kier alpha value is -0.160. The fourth-order valence-electron chi connectivity index (χ4n) is 1.83. The maximum Gasteiger partial charge on any atom is 0.147 e. The van der Waals surface area contributed by atoms with E-state index in [2.05, 4.69) is 4.90 Å². The van der Waals surface area contributed by atoms with Crippen molar-refractivity contribution in [1.82, 2.24) is 4.90 Å². The quantitative estimate of drug-likeness (QED) is 0.620. The average molecular weight is 173 g/mol. The monoisotopic (exact) mass is 173 g/mol. The molecule has 0 aromatic heterocycles. The Morgan fingerprint density at radius 2 is 1.92 bits per heavy atom. The first-order chi connectivity index (χ1) is 5.90. The molecule has 70 valence electrons. The zero-order chi connectivity index (χ0) is 8.39. The van der Waals surface area contributed by atoms with Gasteiger partial charge in [0.05, 0.1) is 0 Å². The van der Waals surface area contributed by atoms with E-state index >= 15 is 0 Å². The van der Waals surface area contributed by atoms with Crippen LogP contribution in [-0.4, -0.2) is 55.2 Å². The third kappa shape index (κ3) is 1.61. The van der Waals surface area contributed by atoms with Crippen LogP contribution < -0.4 is 0 Å². The molecule has 0 spiro atoms. The molecule has 0 saturated carbocycles. The van der Waals surface area contributed by atoms with Gasteiger partial charge in [0.1, 0.15) is 19.0 Å². The number of hydrogen-bond donors (Lipinski definition) is 1. The van der Waals surface area contributed by atoms with E-state index in [1.165, 1.54) is 0 Å². The smallest absolute Gasteiger partial charge is 0.147 e. The van der Waals surface area contributed by atoms with Gasteiger partial charge in [-0.25, -0.2) is 0 Å². The topological polar surface area (TPSA) is 41.9 Å². The second kappa shape index (κ2) is 3.70. The number of hydrogen-bond acceptors (Lipinski definition) is 4. The summed E-state index contributed by atoms with van der Waals surface area (Å²) in [7, 11) is 0. The summed E-state index contributed by atoms with van der Waals surface area (Å²) >= 11 is 0. The number of aliphatic hydroxyl groups is 1. The summed E-state index contributed by atoms with van der Waals surface area (Å²) in [5, 5.41) is 8.64. The van der Waals surface area contributed by atoms with Crippen molar-refractivity contribution in [2.45, 2.75) is 18.6 Å². The number of likely N-dealkylation sites (tertiary alicyclic amines) is 1. The Morgan fingerprint density at radius 3 is 2.50 bits per heavy atom. The van der Waals surface area contributed by atoms with Crippen LogP contribution in [0, 0.1) is 0 Å². The minimum Gasteiger partial charge on any atom is -0.396 e. The molecular formula is C8H15NO3. The van der Waals surface area contributed by atoms with Gasteiger partial charge >= 0.3 is 0 Å². The van der Waals surface area contributed by atoms with Crippen molar-refractivity contribution in [1.29, 1.82) is 0 Å². The first-order valence-electron chi connectivity index (χ1n) is 4.46. The van der Waals surface area contributed by atoms with E-state index in [-0.39, 0.29) is 18.8 Å². The van der Waals surface area contributed by atoms with E-state index in [1.54, 1.807) is 0 Å². The van der Waals surface area contributed by atoms with E-state index in [0.717, 1.165) is 26.1 Å². The number of nitrogens with zero attached hydrogens (tertiary/aromatic N) is 1. The number of fused-ring (bicyclic) bond motifs is 1. The van der Waals surface area contributed by atoms with Crippen LogP contribution in [0.15, 0.2) is 0 Å². The van der Waals surface area contributed by atoms with Gasteiger partial charge in [-0.1, -0.05) is 0 Å². The van der Waals surface area contributed by atoms with Crippen molar-refractivity contribution in [3.63, 3.8) is 0 Å². The average Bonchev–Trinajstić information content (AvgIpc) is 2.58. The third-order valence-corrected chi connectivity index (χ3v) is 2.49. The molecule has 0 aromatic rings. The molecule has 0 amide bonds. The molecule has 4 nitrogen and oxygen atoms in total. The highest BCUT2D eigenvalue weighted by Gasteiger charge is 2.37. The summed E-state index contributed by atoms with van der Waals surface area (Å²) < 4.78 is 10.7. The highest BCUT2D eigenvalue weighted by Crippen LogP contribution is 2.21. The minimum atomic E-state index is 0.271. The molecule has 0 bridgehead atoms. The van der Waals surface area contributed by atoms with Crippen molar-refractivity contribution in [2.24, 2.45) is 0 Å². The molecule has 2 heterocycles. The molecule has 2 unspecified atom stereocenters. The highest BCUT2D eigenvalue weighted by molar-refractivity contribution is 4.87. The van der Waals surface area contributed by atoms with E-state index in [9.17, 15) is 0 Å². The molecule has 2 rings (SSSR count). The Kier molecular flexibility index (Phi) is 2.60. The van der Waals surface area contributed by atoms with Gasteiger partial charge in [-0.05, 0) is 6.42 Å². The summed E-state index contributed by atoms with van der Waals surface area (Å²) in [4.78, 5) is 2.28. The Bertz CT molecular complexity index is 141. The molecule has 4 heteroatoms. The molecule has 2 saturated heterocycles. The minimum absolute atomic E-state index is 0.271. The zero-order valence-corrected chi connectivity index (χ0v) is 7.11. The predicted octanol–water partition coefficient (Wildman–Crippen LogP) is -0.574. The van der Waals surface area contributed by atoms with Crippen LogP contribution in [0.4, 0.5) is 0 Å². The van der Waals surface area contributed by atoms with Crippen molar-refractivity contribution < 1.29 is 14.6 Å². The lowest BCUT2D eigenvalue weighted by Gasteiger charge is -2.14. The van der Waals surface area contributed by atoms with Crippen LogP contribution >= 0.6 is 0 Å². The first-order valence-corrected chi connectivity index (χ1v) is 4.46. The second-order valence-corrected chi connectivity index (χ2v) is 3.36. The normalized spacial score (nSPS) is 35.8. The molecule has 0 aliphatic carbocycles. The van der Waals surface area contributed by atoms with Crippen molar-refractivity contribution in [2.75, 3.05) is 33.0 Å². The fourth-order valence-corrected chi connectivity index (χ4v) is 1.83. The predicted molar refractivity (Wildman–Crippen MR) is 42.8 cm³/mol. The van der Waals surface area contributed by atoms with Crippen LogP contribution in [0.5, 0.6) is 0 Å². The molecule has 2 aliphatic heterocycles. The van der Waals surface area contributed by atoms with Gasteiger partial charge in [-0.15, -0.1) is 0 Å². The number of ether oxygens (including phenoxy) is 2. The van der Waals surface area contributed by atoms with Gasteiger partial charge in [-0.3, -0.25) is 4.90 Å². The number of rotatable bonds is 3. The third-order valence-electron chi connectivity index (χ3n) is 2.49. The maximum absolute atomic E-state index is 8.64. The SMILES string of the molecule is OCCCN1CC2OCOC2C1. The summed E-state index contributed by atoms with van der Waals surface area (Å²) in [5.41, 5.74) is 0. The zero-order valence-electron chi connectivity index (χ0n) is 7.11. The van der Waals surface area contributed by atoms with Gasteiger partial charge in [0.25, 0.3) is 0 Å². The van der Waals surface area contributed by atoms with Gasteiger partial charge in [-0.2, -0.15) is 0 Å². The standard InChI is InChI=1S/C8H15NO3/c10-3-1-2-9-4-7-8(5-9)12-6-11-7/h7-8,10H,1-6H2. The lowest BCUT2D eigenvalue weighted by atomic mass is 10.3. The maximum atomic E-state index is 8.64. The summed E-state index contributed by atoms with van der Waals surface area (Å²) in [6, 6.07) is 0. The van der Waals surface area contributed by atoms with Crippen LogP contribution in [0.1, 0.15) is 6.42 Å². The van der Waals surface area contributed by atoms with E-state index in [4.69, 9.17) is 14.6 Å². The van der Waals surface area contributed by atoms with Crippen LogP contribution in [0.2, 0.25) is 0 Å². The molecule has 2 atom stereocenters. The van der Waals surface area contributed by atoms with E-state index in [0.29, 0.717) is 6.79 Å². The highest BCUT2D eigenvalue weighted by atomic mass is 16.7. The molecule has 2 aliphatic rings. The lowest BCUT2D eigenvalue weighted by molar-refractivity contribution is 0.0148. The van der Waals surface area contributed by atoms with Gasteiger partial charge < -0.3 is 14.6 Å².